The van der Waals surface area contributed by atoms with Crippen molar-refractivity contribution in [2.24, 2.45) is 0 Å². The Morgan fingerprint density at radius 3 is 2.50 bits per heavy atom. The largest absolute Gasteiger partial charge is 0.366 e. The molecule has 1 saturated carbocycles. The first kappa shape index (κ1) is 12.0. The van der Waals surface area contributed by atoms with Gasteiger partial charge >= 0.3 is 0 Å². The van der Waals surface area contributed by atoms with Crippen molar-refractivity contribution in [3.63, 3.8) is 0 Å². The number of hydrogen-bond donors (Lipinski definition) is 0. The summed E-state index contributed by atoms with van der Waals surface area (Å²) in [6.45, 7) is 0. The number of carbonyl (C=O) groups excluding carboxylic acids is 1. The van der Waals surface area contributed by atoms with Crippen LogP contribution in [0.2, 0.25) is 0 Å². The second-order valence-corrected chi connectivity index (χ2v) is 5.41. The predicted molar refractivity (Wildman–Crippen MR) is 71.3 cm³/mol. The molecule has 1 aromatic rings. The van der Waals surface area contributed by atoms with E-state index in [1.54, 1.807) is 7.11 Å². The highest BCUT2D eigenvalue weighted by Gasteiger charge is 2.41. The molecule has 0 aliphatic heterocycles. The van der Waals surface area contributed by atoms with Gasteiger partial charge in [0.25, 0.3) is 0 Å². The number of benzene rings is 1. The Morgan fingerprint density at radius 2 is 1.94 bits per heavy atom. The van der Waals surface area contributed by atoms with Gasteiger partial charge in [-0.05, 0) is 59.5 Å². The Hall–Kier alpha value is -0.420. The van der Waals surface area contributed by atoms with Crippen molar-refractivity contribution < 1.29 is 9.53 Å². The second kappa shape index (κ2) is 4.84. The molecule has 0 aromatic heterocycles. The highest BCUT2D eigenvalue weighted by atomic mass is 127. The summed E-state index contributed by atoms with van der Waals surface area (Å²) < 4.78 is 6.74. The van der Waals surface area contributed by atoms with Crippen LogP contribution in [0.1, 0.15) is 31.2 Å². The molecule has 0 bridgehead atoms. The Kier molecular flexibility index (Phi) is 3.64. The first-order valence-electron chi connectivity index (χ1n) is 5.53. The normalized spacial score (nSPS) is 25.8. The monoisotopic (exact) mass is 330 g/mol. The van der Waals surface area contributed by atoms with E-state index in [4.69, 9.17) is 4.74 Å². The molecule has 2 rings (SSSR count). The van der Waals surface area contributed by atoms with E-state index in [1.807, 2.05) is 24.3 Å². The molecule has 1 aliphatic rings. The molecule has 1 aromatic carbocycles. The van der Waals surface area contributed by atoms with Gasteiger partial charge in [-0.3, -0.25) is 4.79 Å². The maximum atomic E-state index is 12.1. The fraction of sp³-hybridized carbons (Fsp3) is 0.462. The third-order valence-electron chi connectivity index (χ3n) is 3.29. The summed E-state index contributed by atoms with van der Waals surface area (Å²) in [6, 6.07) is 8.07. The average molecular weight is 330 g/mol. The van der Waals surface area contributed by atoms with Gasteiger partial charge < -0.3 is 4.74 Å². The van der Waals surface area contributed by atoms with Crippen molar-refractivity contribution in [2.75, 3.05) is 7.11 Å². The van der Waals surface area contributed by atoms with Gasteiger partial charge in [0.1, 0.15) is 0 Å². The van der Waals surface area contributed by atoms with E-state index in [-0.39, 0.29) is 5.78 Å². The maximum Gasteiger partial charge on any atom is 0.169 e. The lowest BCUT2D eigenvalue weighted by Gasteiger charge is -2.34. The first-order valence-corrected chi connectivity index (χ1v) is 6.61. The van der Waals surface area contributed by atoms with Crippen LogP contribution in [-0.4, -0.2) is 12.9 Å². The Balaban J connectivity index is 2.40. The molecular formula is C13H15IO2. The third-order valence-corrected chi connectivity index (χ3v) is 4.01. The lowest BCUT2D eigenvalue weighted by atomic mass is 9.78. The molecule has 1 fully saturated rings. The summed E-state index contributed by atoms with van der Waals surface area (Å²) in [6.07, 6.45) is 3.50. The molecule has 0 radical (unpaired) electrons. The number of Topliss-reactive ketones (excluding diaryl/α,β-unsaturated/α-hetero) is 1. The summed E-state index contributed by atoms with van der Waals surface area (Å²) >= 11 is 2.26. The van der Waals surface area contributed by atoms with Crippen LogP contribution in [0.25, 0.3) is 0 Å². The lowest BCUT2D eigenvalue weighted by molar-refractivity contribution is -0.146. The van der Waals surface area contributed by atoms with Gasteiger partial charge in [0.15, 0.2) is 11.4 Å². The average Bonchev–Trinajstić information content (AvgIpc) is 2.31. The number of ether oxygens (including phenoxy) is 1. The van der Waals surface area contributed by atoms with E-state index in [9.17, 15) is 4.79 Å². The van der Waals surface area contributed by atoms with Gasteiger partial charge in [-0.15, -0.1) is 0 Å². The van der Waals surface area contributed by atoms with Crippen molar-refractivity contribution in [2.45, 2.75) is 31.3 Å². The fourth-order valence-electron chi connectivity index (χ4n) is 2.36. The number of methoxy groups -OCH3 is 1. The van der Waals surface area contributed by atoms with E-state index in [1.165, 1.54) is 3.57 Å². The van der Waals surface area contributed by atoms with Crippen LogP contribution in [0.3, 0.4) is 0 Å². The molecule has 0 spiro atoms. The van der Waals surface area contributed by atoms with Gasteiger partial charge in [0.05, 0.1) is 0 Å². The molecule has 3 heteroatoms. The number of hydrogen-bond acceptors (Lipinski definition) is 2. The molecule has 86 valence electrons. The lowest BCUT2D eigenvalue weighted by Crippen LogP contribution is -2.40. The highest BCUT2D eigenvalue weighted by Crippen LogP contribution is 2.37. The van der Waals surface area contributed by atoms with Crippen LogP contribution in [0.15, 0.2) is 24.3 Å². The summed E-state index contributed by atoms with van der Waals surface area (Å²) in [5.74, 6) is 0.224. The molecule has 1 unspecified atom stereocenters. The van der Waals surface area contributed by atoms with Crippen molar-refractivity contribution in [1.29, 1.82) is 0 Å². The predicted octanol–water partition coefficient (Wildman–Crippen LogP) is 3.28. The Morgan fingerprint density at radius 1 is 1.25 bits per heavy atom. The number of ketones is 1. The standard InChI is InChI=1S/C13H15IO2/c1-16-13(9-3-2-4-12(13)15)10-5-7-11(14)8-6-10/h5-8H,2-4,9H2,1H3. The molecule has 2 nitrogen and oxygen atoms in total. The number of rotatable bonds is 2. The molecular weight excluding hydrogens is 315 g/mol. The second-order valence-electron chi connectivity index (χ2n) is 4.17. The van der Waals surface area contributed by atoms with E-state index in [2.05, 4.69) is 22.6 Å². The van der Waals surface area contributed by atoms with Gasteiger partial charge in [0, 0.05) is 17.1 Å². The molecule has 16 heavy (non-hydrogen) atoms. The third kappa shape index (κ3) is 2.02. The summed E-state index contributed by atoms with van der Waals surface area (Å²) in [4.78, 5) is 12.1. The minimum atomic E-state index is -0.678. The first-order chi connectivity index (χ1) is 7.69. The summed E-state index contributed by atoms with van der Waals surface area (Å²) in [5, 5.41) is 0. The minimum absolute atomic E-state index is 0.224. The molecule has 1 atom stereocenters. The zero-order valence-electron chi connectivity index (χ0n) is 9.33. The zero-order chi connectivity index (χ0) is 11.6. The van der Waals surface area contributed by atoms with Crippen LogP contribution < -0.4 is 0 Å². The van der Waals surface area contributed by atoms with Crippen molar-refractivity contribution in [1.82, 2.24) is 0 Å². The summed E-state index contributed by atoms with van der Waals surface area (Å²) in [7, 11) is 1.64. The zero-order valence-corrected chi connectivity index (χ0v) is 11.5. The summed E-state index contributed by atoms with van der Waals surface area (Å²) in [5.41, 5.74) is 0.322. The molecule has 0 amide bonds. The van der Waals surface area contributed by atoms with E-state index >= 15 is 0 Å². The molecule has 0 heterocycles. The van der Waals surface area contributed by atoms with Gasteiger partial charge in [0.2, 0.25) is 0 Å². The van der Waals surface area contributed by atoms with E-state index < -0.39 is 5.60 Å². The van der Waals surface area contributed by atoms with Crippen molar-refractivity contribution in [3.05, 3.63) is 33.4 Å². The Bertz CT molecular complexity index is 385. The smallest absolute Gasteiger partial charge is 0.169 e. The van der Waals surface area contributed by atoms with E-state index in [0.717, 1.165) is 24.8 Å². The van der Waals surface area contributed by atoms with Crippen molar-refractivity contribution >= 4 is 28.4 Å². The van der Waals surface area contributed by atoms with E-state index in [0.29, 0.717) is 6.42 Å². The van der Waals surface area contributed by atoms with Crippen LogP contribution in [0.5, 0.6) is 0 Å². The SMILES string of the molecule is COC1(c2ccc(I)cc2)CCCCC1=O. The van der Waals surface area contributed by atoms with Crippen LogP contribution >= 0.6 is 22.6 Å². The minimum Gasteiger partial charge on any atom is -0.366 e. The molecule has 0 saturated heterocycles. The van der Waals surface area contributed by atoms with Crippen LogP contribution in [0.4, 0.5) is 0 Å². The number of carbonyl (C=O) groups is 1. The highest BCUT2D eigenvalue weighted by molar-refractivity contribution is 14.1. The van der Waals surface area contributed by atoms with Gasteiger partial charge in [-0.1, -0.05) is 12.1 Å². The van der Waals surface area contributed by atoms with Crippen molar-refractivity contribution in [3.8, 4) is 0 Å². The topological polar surface area (TPSA) is 26.3 Å². The maximum absolute atomic E-state index is 12.1. The molecule has 0 N–H and O–H groups in total. The van der Waals surface area contributed by atoms with Crippen LogP contribution in [0, 0.1) is 3.57 Å². The molecule has 1 aliphatic carbocycles. The Labute approximate surface area is 110 Å². The quantitative estimate of drug-likeness (QED) is 0.778. The number of halogens is 1. The van der Waals surface area contributed by atoms with Crippen LogP contribution in [-0.2, 0) is 15.1 Å². The fourth-order valence-corrected chi connectivity index (χ4v) is 2.72. The van der Waals surface area contributed by atoms with Gasteiger partial charge in [-0.25, -0.2) is 0 Å². The van der Waals surface area contributed by atoms with Gasteiger partial charge in [-0.2, -0.15) is 0 Å².